The second-order valence-corrected chi connectivity index (χ2v) is 4.77. The molecule has 0 unspecified atom stereocenters. The summed E-state index contributed by atoms with van der Waals surface area (Å²) in [5, 5.41) is 3.27. The Morgan fingerprint density at radius 3 is 2.81 bits per heavy atom. The number of hydrogen-bond acceptors (Lipinski definition) is 2. The van der Waals surface area contributed by atoms with Gasteiger partial charge in [-0.1, -0.05) is 35.7 Å². The minimum atomic E-state index is -0.221. The summed E-state index contributed by atoms with van der Waals surface area (Å²) >= 11 is 5.92. The van der Waals surface area contributed by atoms with Crippen LogP contribution in [0.25, 0.3) is 0 Å². The lowest BCUT2D eigenvalue weighted by Crippen LogP contribution is -2.23. The lowest BCUT2D eigenvalue weighted by atomic mass is 10.2. The average molecular weight is 300 g/mol. The van der Waals surface area contributed by atoms with E-state index in [1.807, 2.05) is 24.3 Å². The maximum absolute atomic E-state index is 11.8. The third-order valence-corrected chi connectivity index (χ3v) is 2.98. The first-order valence-corrected chi connectivity index (χ1v) is 6.76. The van der Waals surface area contributed by atoms with Crippen LogP contribution in [0.15, 0.2) is 48.5 Å². The molecule has 0 atom stereocenters. The summed E-state index contributed by atoms with van der Waals surface area (Å²) in [7, 11) is 0. The summed E-state index contributed by atoms with van der Waals surface area (Å²) in [4.78, 5) is 11.8. The molecule has 2 aromatic rings. The van der Waals surface area contributed by atoms with Crippen molar-refractivity contribution < 1.29 is 9.53 Å². The van der Waals surface area contributed by atoms with Gasteiger partial charge in [0.15, 0.2) is 0 Å². The van der Waals surface area contributed by atoms with Crippen molar-refractivity contribution in [2.24, 2.45) is 0 Å². The van der Waals surface area contributed by atoms with Crippen molar-refractivity contribution in [3.8, 4) is 18.1 Å². The molecule has 0 aliphatic rings. The maximum Gasteiger partial charge on any atom is 0.252 e. The molecule has 0 saturated heterocycles. The minimum Gasteiger partial charge on any atom is -0.489 e. The molecule has 0 bridgehead atoms. The Labute approximate surface area is 128 Å². The van der Waals surface area contributed by atoms with Gasteiger partial charge in [-0.25, -0.2) is 0 Å². The van der Waals surface area contributed by atoms with Crippen LogP contribution in [0, 0.1) is 12.3 Å². The van der Waals surface area contributed by atoms with Crippen molar-refractivity contribution in [3.05, 3.63) is 64.7 Å². The van der Waals surface area contributed by atoms with Gasteiger partial charge >= 0.3 is 0 Å². The molecule has 1 N–H and O–H groups in total. The number of nitrogens with one attached hydrogen (secondary N) is 1. The monoisotopic (exact) mass is 299 g/mol. The number of ether oxygens (including phenoxy) is 1. The van der Waals surface area contributed by atoms with Crippen LogP contribution in [0.2, 0.25) is 5.02 Å². The largest absolute Gasteiger partial charge is 0.489 e. The molecule has 0 radical (unpaired) electrons. The first-order chi connectivity index (χ1) is 10.2. The number of rotatable bonds is 5. The highest BCUT2D eigenvalue weighted by Gasteiger charge is 2.05. The Balaban J connectivity index is 2.01. The van der Waals surface area contributed by atoms with Crippen molar-refractivity contribution in [2.45, 2.75) is 6.61 Å². The number of benzene rings is 2. The lowest BCUT2D eigenvalue weighted by molar-refractivity contribution is 0.0958. The smallest absolute Gasteiger partial charge is 0.252 e. The van der Waals surface area contributed by atoms with E-state index in [4.69, 9.17) is 22.8 Å². The molecular weight excluding hydrogens is 286 g/mol. The van der Waals surface area contributed by atoms with Crippen LogP contribution in [0.5, 0.6) is 5.75 Å². The van der Waals surface area contributed by atoms with E-state index in [0.717, 1.165) is 5.56 Å². The van der Waals surface area contributed by atoms with Crippen LogP contribution < -0.4 is 10.1 Å². The molecule has 21 heavy (non-hydrogen) atoms. The molecule has 0 fully saturated rings. The molecule has 2 aromatic carbocycles. The van der Waals surface area contributed by atoms with E-state index in [1.54, 1.807) is 24.3 Å². The Bertz CT molecular complexity index is 676. The zero-order chi connectivity index (χ0) is 15.1. The van der Waals surface area contributed by atoms with E-state index in [2.05, 4.69) is 11.2 Å². The van der Waals surface area contributed by atoms with E-state index < -0.39 is 0 Å². The zero-order valence-electron chi connectivity index (χ0n) is 11.3. The van der Waals surface area contributed by atoms with Gasteiger partial charge < -0.3 is 10.1 Å². The predicted octanol–water partition coefficient (Wildman–Crippen LogP) is 3.28. The Morgan fingerprint density at radius 2 is 2.05 bits per heavy atom. The van der Waals surface area contributed by atoms with E-state index in [0.29, 0.717) is 22.9 Å². The average Bonchev–Trinajstić information content (AvgIpc) is 2.51. The third-order valence-electron chi connectivity index (χ3n) is 2.74. The summed E-state index contributed by atoms with van der Waals surface area (Å²) in [5.41, 5.74) is 1.47. The highest BCUT2D eigenvalue weighted by molar-refractivity contribution is 6.30. The highest BCUT2D eigenvalue weighted by Crippen LogP contribution is 2.17. The first-order valence-electron chi connectivity index (χ1n) is 6.38. The fourth-order valence-corrected chi connectivity index (χ4v) is 1.97. The molecule has 1 amide bonds. The molecule has 2 rings (SSSR count). The standard InChI is InChI=1S/C17H14ClNO2/c1-2-9-19-17(20)14-6-4-8-16(11-14)21-12-13-5-3-7-15(18)10-13/h1,3-8,10-11H,9,12H2,(H,19,20). The van der Waals surface area contributed by atoms with Gasteiger partial charge in [-0.3, -0.25) is 4.79 Å². The van der Waals surface area contributed by atoms with E-state index in [9.17, 15) is 4.79 Å². The normalized spacial score (nSPS) is 9.71. The van der Waals surface area contributed by atoms with Crippen molar-refractivity contribution in [3.63, 3.8) is 0 Å². The van der Waals surface area contributed by atoms with E-state index in [1.165, 1.54) is 0 Å². The molecular formula is C17H14ClNO2. The van der Waals surface area contributed by atoms with Crippen molar-refractivity contribution in [1.29, 1.82) is 0 Å². The number of carbonyl (C=O) groups excluding carboxylic acids is 1. The van der Waals surface area contributed by atoms with E-state index >= 15 is 0 Å². The van der Waals surface area contributed by atoms with Crippen LogP contribution in [0.1, 0.15) is 15.9 Å². The molecule has 0 aliphatic carbocycles. The maximum atomic E-state index is 11.8. The fourth-order valence-electron chi connectivity index (χ4n) is 1.75. The minimum absolute atomic E-state index is 0.201. The number of amides is 1. The van der Waals surface area contributed by atoms with Crippen molar-refractivity contribution in [1.82, 2.24) is 5.32 Å². The summed E-state index contributed by atoms with van der Waals surface area (Å²) < 4.78 is 5.66. The van der Waals surface area contributed by atoms with E-state index in [-0.39, 0.29) is 12.5 Å². The molecule has 0 saturated carbocycles. The molecule has 106 valence electrons. The molecule has 4 heteroatoms. The second-order valence-electron chi connectivity index (χ2n) is 4.33. The molecule has 0 aromatic heterocycles. The Hall–Kier alpha value is -2.44. The van der Waals surface area contributed by atoms with Gasteiger partial charge in [0, 0.05) is 10.6 Å². The van der Waals surface area contributed by atoms with Crippen LogP contribution in [0.4, 0.5) is 0 Å². The van der Waals surface area contributed by atoms with Gasteiger partial charge in [0.2, 0.25) is 0 Å². The molecule has 0 heterocycles. The third kappa shape index (κ3) is 4.55. The second kappa shape index (κ2) is 7.37. The van der Waals surface area contributed by atoms with Gasteiger partial charge in [-0.05, 0) is 35.9 Å². The molecule has 0 aliphatic heterocycles. The van der Waals surface area contributed by atoms with Crippen LogP contribution >= 0.6 is 11.6 Å². The number of terminal acetylenes is 1. The Morgan fingerprint density at radius 1 is 1.24 bits per heavy atom. The zero-order valence-corrected chi connectivity index (χ0v) is 12.1. The summed E-state index contributed by atoms with van der Waals surface area (Å²) in [6, 6.07) is 14.4. The molecule has 0 spiro atoms. The number of halogens is 1. The highest BCUT2D eigenvalue weighted by atomic mass is 35.5. The summed E-state index contributed by atoms with van der Waals surface area (Å²) in [6.07, 6.45) is 5.11. The topological polar surface area (TPSA) is 38.3 Å². The van der Waals surface area contributed by atoms with Gasteiger partial charge in [-0.2, -0.15) is 0 Å². The van der Waals surface area contributed by atoms with Crippen molar-refractivity contribution >= 4 is 17.5 Å². The van der Waals surface area contributed by atoms with Crippen LogP contribution in [-0.4, -0.2) is 12.5 Å². The predicted molar refractivity (Wildman–Crippen MR) is 83.4 cm³/mol. The summed E-state index contributed by atoms with van der Waals surface area (Å²) in [5.74, 6) is 2.75. The quantitative estimate of drug-likeness (QED) is 0.861. The Kier molecular flexibility index (Phi) is 5.25. The lowest BCUT2D eigenvalue weighted by Gasteiger charge is -2.08. The number of hydrogen-bond donors (Lipinski definition) is 1. The van der Waals surface area contributed by atoms with Crippen LogP contribution in [-0.2, 0) is 6.61 Å². The van der Waals surface area contributed by atoms with Gasteiger partial charge in [0.05, 0.1) is 6.54 Å². The van der Waals surface area contributed by atoms with Crippen LogP contribution in [0.3, 0.4) is 0 Å². The summed E-state index contributed by atoms with van der Waals surface area (Å²) in [6.45, 7) is 0.586. The SMILES string of the molecule is C#CCNC(=O)c1cccc(OCc2cccc(Cl)c2)c1. The van der Waals surface area contributed by atoms with Gasteiger partial charge in [0.25, 0.3) is 5.91 Å². The fraction of sp³-hybridized carbons (Fsp3) is 0.118. The van der Waals surface area contributed by atoms with Gasteiger partial charge in [0.1, 0.15) is 12.4 Å². The van der Waals surface area contributed by atoms with Crippen molar-refractivity contribution in [2.75, 3.05) is 6.54 Å². The number of carbonyl (C=O) groups is 1. The van der Waals surface area contributed by atoms with Gasteiger partial charge in [-0.15, -0.1) is 6.42 Å². The molecule has 3 nitrogen and oxygen atoms in total. The first kappa shape index (κ1) is 15.0.